The first-order valence-electron chi connectivity index (χ1n) is 10.6. The van der Waals surface area contributed by atoms with Gasteiger partial charge in [-0.1, -0.05) is 55.2 Å². The molecule has 0 saturated heterocycles. The third-order valence-electron chi connectivity index (χ3n) is 5.30. The summed E-state index contributed by atoms with van der Waals surface area (Å²) in [5, 5.41) is 1.23. The molecule has 0 aliphatic carbocycles. The van der Waals surface area contributed by atoms with E-state index in [0.29, 0.717) is 5.69 Å². The van der Waals surface area contributed by atoms with Crippen LogP contribution in [0, 0.1) is 0 Å². The molecule has 2 aromatic carbocycles. The summed E-state index contributed by atoms with van der Waals surface area (Å²) in [5.41, 5.74) is 7.02. The fraction of sp³-hybridized carbons (Fsp3) is 0.208. The average molecular weight is 533 g/mol. The molecule has 2 aromatic heterocycles. The van der Waals surface area contributed by atoms with E-state index in [1.54, 1.807) is 6.20 Å². The largest absolute Gasteiger partial charge is 0.442 e. The highest BCUT2D eigenvalue weighted by molar-refractivity contribution is 7.91. The monoisotopic (exact) mass is 532 g/mol. The second-order valence-corrected chi connectivity index (χ2v) is 10.9. The molecule has 182 valence electrons. The number of amides is 1. The molecule has 8 nitrogen and oxygen atoms in total. The van der Waals surface area contributed by atoms with E-state index in [9.17, 15) is 13.2 Å². The molecule has 0 fully saturated rings. The normalized spacial score (nSPS) is 11.8. The number of nitrogens with zero attached hydrogens (tertiary/aromatic N) is 3. The number of sulfone groups is 1. The Kier molecular flexibility index (Phi) is 7.02. The smallest absolute Gasteiger partial charge is 0.404 e. The summed E-state index contributed by atoms with van der Waals surface area (Å²) in [6.07, 6.45) is 0.673. The second kappa shape index (κ2) is 9.85. The van der Waals surface area contributed by atoms with E-state index in [-0.39, 0.29) is 44.9 Å². The molecule has 0 aliphatic heterocycles. The molecular weight excluding hydrogens is 511 g/mol. The van der Waals surface area contributed by atoms with Crippen LogP contribution < -0.4 is 5.73 Å². The van der Waals surface area contributed by atoms with E-state index in [1.165, 1.54) is 22.8 Å². The summed E-state index contributed by atoms with van der Waals surface area (Å²) in [5.74, 6) is -0.0369. The average Bonchev–Trinajstić information content (AvgIpc) is 3.16. The van der Waals surface area contributed by atoms with Gasteiger partial charge in [-0.3, -0.25) is 4.98 Å². The van der Waals surface area contributed by atoms with Gasteiger partial charge in [0.05, 0.1) is 22.7 Å². The first-order valence-corrected chi connectivity index (χ1v) is 12.9. The molecule has 1 amide bonds. The van der Waals surface area contributed by atoms with E-state index in [0.717, 1.165) is 16.5 Å². The maximum absolute atomic E-state index is 13.9. The van der Waals surface area contributed by atoms with E-state index in [2.05, 4.69) is 9.97 Å². The fourth-order valence-corrected chi connectivity index (χ4v) is 6.21. The van der Waals surface area contributed by atoms with Crippen molar-refractivity contribution in [2.75, 3.05) is 0 Å². The van der Waals surface area contributed by atoms with Crippen LogP contribution in [0.3, 0.4) is 0 Å². The van der Waals surface area contributed by atoms with E-state index in [4.69, 9.17) is 33.7 Å². The van der Waals surface area contributed by atoms with Gasteiger partial charge in [0, 0.05) is 21.6 Å². The molecule has 35 heavy (non-hydrogen) atoms. The molecule has 0 spiro atoms. The lowest BCUT2D eigenvalue weighted by atomic mass is 10.1. The quantitative estimate of drug-likeness (QED) is 0.343. The van der Waals surface area contributed by atoms with Crippen LogP contribution in [0.15, 0.2) is 64.6 Å². The first kappa shape index (κ1) is 25.0. The molecule has 0 atom stereocenters. The van der Waals surface area contributed by atoms with Crippen LogP contribution in [0.4, 0.5) is 4.79 Å². The highest BCUT2D eigenvalue weighted by Gasteiger charge is 2.32. The van der Waals surface area contributed by atoms with Crippen LogP contribution in [0.25, 0.3) is 10.9 Å². The molecule has 0 unspecified atom stereocenters. The number of carbonyl (C=O) groups is 1. The van der Waals surface area contributed by atoms with E-state index < -0.39 is 15.9 Å². The van der Waals surface area contributed by atoms with Crippen molar-refractivity contribution < 1.29 is 17.9 Å². The van der Waals surface area contributed by atoms with Crippen molar-refractivity contribution in [2.45, 2.75) is 42.8 Å². The van der Waals surface area contributed by atoms with Crippen LogP contribution in [0.1, 0.15) is 36.8 Å². The number of imidazole rings is 1. The number of nitrogens with two attached hydrogens (primary N) is 1. The molecular formula is C24H22Cl2N4O4S. The van der Waals surface area contributed by atoms with Gasteiger partial charge >= 0.3 is 6.09 Å². The summed E-state index contributed by atoms with van der Waals surface area (Å²) in [7, 11) is -4.13. The van der Waals surface area contributed by atoms with Gasteiger partial charge in [-0.25, -0.2) is 18.2 Å². The minimum absolute atomic E-state index is 0.0398. The number of aromatic nitrogens is 3. The van der Waals surface area contributed by atoms with Crippen molar-refractivity contribution in [3.63, 3.8) is 0 Å². The summed E-state index contributed by atoms with van der Waals surface area (Å²) in [6.45, 7) is 3.46. The van der Waals surface area contributed by atoms with Crippen molar-refractivity contribution in [3.8, 4) is 0 Å². The standard InChI is InChI=1S/C24H22Cl2N4O4S/c1-14(2)22-23(35(32,33)19-9-17(25)8-18(26)10-19)30(21(29-22)13-34-24(27)31)12-15-7-16-5-3-4-6-20(16)28-11-15/h3-11,14H,12-13H2,1-2H3,(H2,27,31). The number of fused-ring (bicyclic) bond motifs is 1. The molecule has 0 saturated carbocycles. The van der Waals surface area contributed by atoms with Crippen LogP contribution in [-0.2, 0) is 27.7 Å². The zero-order chi connectivity index (χ0) is 25.3. The molecule has 2 heterocycles. The van der Waals surface area contributed by atoms with Gasteiger partial charge in [-0.05, 0) is 41.8 Å². The number of primary amides is 1. The lowest BCUT2D eigenvalue weighted by Crippen LogP contribution is -2.18. The Labute approximate surface area is 212 Å². The first-order chi connectivity index (χ1) is 16.6. The SMILES string of the molecule is CC(C)c1nc(COC(N)=O)n(Cc2cnc3ccccc3c2)c1S(=O)(=O)c1cc(Cl)cc(Cl)c1. The number of halogens is 2. The Morgan fingerprint density at radius 1 is 1.11 bits per heavy atom. The number of hydrogen-bond donors (Lipinski definition) is 1. The molecule has 0 bridgehead atoms. The summed E-state index contributed by atoms with van der Waals surface area (Å²) < 4.78 is 34.3. The highest BCUT2D eigenvalue weighted by atomic mass is 35.5. The van der Waals surface area contributed by atoms with Gasteiger partial charge in [0.1, 0.15) is 5.82 Å². The van der Waals surface area contributed by atoms with Gasteiger partial charge in [0.2, 0.25) is 9.84 Å². The molecule has 4 rings (SSSR count). The third-order valence-corrected chi connectivity index (χ3v) is 7.54. The Balaban J connectivity index is 1.93. The molecule has 0 aliphatic rings. The van der Waals surface area contributed by atoms with Crippen LogP contribution in [0.5, 0.6) is 0 Å². The maximum atomic E-state index is 13.9. The number of carbonyl (C=O) groups excluding carboxylic acids is 1. The molecule has 11 heteroatoms. The van der Waals surface area contributed by atoms with Crippen LogP contribution in [0.2, 0.25) is 10.0 Å². The highest BCUT2D eigenvalue weighted by Crippen LogP contribution is 2.33. The van der Waals surface area contributed by atoms with E-state index in [1.807, 2.05) is 44.2 Å². The molecule has 0 radical (unpaired) electrons. The lowest BCUT2D eigenvalue weighted by Gasteiger charge is -2.15. The Morgan fingerprint density at radius 3 is 2.46 bits per heavy atom. The van der Waals surface area contributed by atoms with Gasteiger partial charge < -0.3 is 15.0 Å². The predicted octanol–water partition coefficient (Wildman–Crippen LogP) is 5.34. The van der Waals surface area contributed by atoms with Gasteiger partial charge in [0.15, 0.2) is 11.6 Å². The van der Waals surface area contributed by atoms with Crippen molar-refractivity contribution in [1.29, 1.82) is 0 Å². The van der Waals surface area contributed by atoms with Gasteiger partial charge in [0.25, 0.3) is 0 Å². The van der Waals surface area contributed by atoms with Gasteiger partial charge in [-0.2, -0.15) is 0 Å². The second-order valence-electron chi connectivity index (χ2n) is 8.21. The van der Waals surface area contributed by atoms with Crippen molar-refractivity contribution in [1.82, 2.24) is 14.5 Å². The zero-order valence-corrected chi connectivity index (χ0v) is 21.2. The van der Waals surface area contributed by atoms with Crippen molar-refractivity contribution in [3.05, 3.63) is 81.9 Å². The Morgan fingerprint density at radius 2 is 1.80 bits per heavy atom. The summed E-state index contributed by atoms with van der Waals surface area (Å²) in [6, 6.07) is 13.6. The molecule has 4 aromatic rings. The Bertz CT molecular complexity index is 1510. The summed E-state index contributed by atoms with van der Waals surface area (Å²) in [4.78, 5) is 20.3. The Hall–Kier alpha value is -3.14. The number of benzene rings is 2. The maximum Gasteiger partial charge on any atom is 0.404 e. The van der Waals surface area contributed by atoms with Crippen molar-refractivity contribution in [2.24, 2.45) is 5.73 Å². The minimum atomic E-state index is -4.13. The predicted molar refractivity (Wildman–Crippen MR) is 133 cm³/mol. The topological polar surface area (TPSA) is 117 Å². The number of pyridine rings is 1. The minimum Gasteiger partial charge on any atom is -0.442 e. The van der Waals surface area contributed by atoms with E-state index >= 15 is 0 Å². The van der Waals surface area contributed by atoms with Crippen molar-refractivity contribution >= 4 is 50.0 Å². The summed E-state index contributed by atoms with van der Waals surface area (Å²) >= 11 is 12.2. The van der Waals surface area contributed by atoms with Crippen LogP contribution in [-0.4, -0.2) is 29.0 Å². The zero-order valence-electron chi connectivity index (χ0n) is 18.9. The lowest BCUT2D eigenvalue weighted by molar-refractivity contribution is 0.145. The fourth-order valence-electron chi connectivity index (χ4n) is 3.75. The third kappa shape index (κ3) is 5.27. The van der Waals surface area contributed by atoms with Crippen LogP contribution >= 0.6 is 23.2 Å². The number of rotatable bonds is 7. The number of ether oxygens (including phenoxy) is 1. The number of hydrogen-bond acceptors (Lipinski definition) is 6. The molecule has 2 N–H and O–H groups in total. The van der Waals surface area contributed by atoms with Gasteiger partial charge in [-0.15, -0.1) is 0 Å². The number of para-hydroxylation sites is 1.